The molecular formula is C21H23N3O2S. The fourth-order valence-corrected chi connectivity index (χ4v) is 4.13. The van der Waals surface area contributed by atoms with E-state index in [2.05, 4.69) is 33.1 Å². The zero-order valence-electron chi connectivity index (χ0n) is 15.6. The van der Waals surface area contributed by atoms with Crippen LogP contribution < -0.4 is 4.74 Å². The molecule has 0 spiro atoms. The fourth-order valence-electron chi connectivity index (χ4n) is 3.29. The number of nitrogens with zero attached hydrogens (tertiary/aromatic N) is 3. The molecule has 5 nitrogen and oxygen atoms in total. The van der Waals surface area contributed by atoms with Gasteiger partial charge in [-0.3, -0.25) is 9.88 Å². The zero-order valence-corrected chi connectivity index (χ0v) is 16.4. The van der Waals surface area contributed by atoms with Crippen molar-refractivity contribution < 1.29 is 9.47 Å². The summed E-state index contributed by atoms with van der Waals surface area (Å²) in [7, 11) is 1.68. The molecule has 1 fully saturated rings. The van der Waals surface area contributed by atoms with Gasteiger partial charge in [-0.2, -0.15) is 0 Å². The molecule has 6 heteroatoms. The van der Waals surface area contributed by atoms with Gasteiger partial charge in [-0.05, 0) is 30.7 Å². The van der Waals surface area contributed by atoms with E-state index < -0.39 is 0 Å². The van der Waals surface area contributed by atoms with Crippen molar-refractivity contribution in [1.82, 2.24) is 14.9 Å². The van der Waals surface area contributed by atoms with E-state index in [1.54, 1.807) is 18.4 Å². The van der Waals surface area contributed by atoms with Crippen molar-refractivity contribution in [3.63, 3.8) is 0 Å². The lowest BCUT2D eigenvalue weighted by Gasteiger charge is -2.32. The van der Waals surface area contributed by atoms with Gasteiger partial charge in [0, 0.05) is 42.5 Å². The van der Waals surface area contributed by atoms with Crippen LogP contribution >= 0.6 is 11.3 Å². The predicted molar refractivity (Wildman–Crippen MR) is 107 cm³/mol. The second kappa shape index (κ2) is 8.17. The van der Waals surface area contributed by atoms with E-state index in [0.29, 0.717) is 0 Å². The van der Waals surface area contributed by atoms with Crippen molar-refractivity contribution in [3.8, 4) is 16.9 Å². The Kier molecular flexibility index (Phi) is 5.48. The number of rotatable bonds is 5. The molecule has 2 aromatic heterocycles. The first-order chi connectivity index (χ1) is 13.2. The SMILES string of the molecule is COc1cccc(-c2ccc([C@@H]3CN(Cc4cnc(C)s4)CCO3)nc2)c1. The van der Waals surface area contributed by atoms with E-state index >= 15 is 0 Å². The van der Waals surface area contributed by atoms with Crippen molar-refractivity contribution in [2.75, 3.05) is 26.8 Å². The first kappa shape index (κ1) is 18.1. The summed E-state index contributed by atoms with van der Waals surface area (Å²) in [5.41, 5.74) is 3.15. The topological polar surface area (TPSA) is 47.5 Å². The van der Waals surface area contributed by atoms with Crippen LogP contribution in [0, 0.1) is 6.92 Å². The number of aromatic nitrogens is 2. The normalized spacial score (nSPS) is 17.8. The molecule has 0 saturated carbocycles. The van der Waals surface area contributed by atoms with Crippen molar-refractivity contribution >= 4 is 11.3 Å². The van der Waals surface area contributed by atoms with Gasteiger partial charge in [0.15, 0.2) is 0 Å². The van der Waals surface area contributed by atoms with Crippen molar-refractivity contribution in [2.24, 2.45) is 0 Å². The summed E-state index contributed by atoms with van der Waals surface area (Å²) in [6.45, 7) is 5.48. The van der Waals surface area contributed by atoms with E-state index in [4.69, 9.17) is 9.47 Å². The van der Waals surface area contributed by atoms with Crippen LogP contribution in [0.15, 0.2) is 48.8 Å². The number of morpholine rings is 1. The molecule has 1 aliphatic rings. The fraction of sp³-hybridized carbons (Fsp3) is 0.333. The van der Waals surface area contributed by atoms with E-state index in [9.17, 15) is 0 Å². The van der Waals surface area contributed by atoms with Crippen molar-refractivity contribution in [3.05, 3.63) is 64.4 Å². The van der Waals surface area contributed by atoms with Gasteiger partial charge in [-0.25, -0.2) is 4.98 Å². The molecule has 1 atom stereocenters. The number of hydrogen-bond donors (Lipinski definition) is 0. The molecule has 3 heterocycles. The number of pyridine rings is 1. The van der Waals surface area contributed by atoms with Crippen LogP contribution in [-0.2, 0) is 11.3 Å². The van der Waals surface area contributed by atoms with Crippen LogP contribution in [0.4, 0.5) is 0 Å². The lowest BCUT2D eigenvalue weighted by atomic mass is 10.1. The highest BCUT2D eigenvalue weighted by Crippen LogP contribution is 2.27. The van der Waals surface area contributed by atoms with Gasteiger partial charge in [0.25, 0.3) is 0 Å². The smallest absolute Gasteiger partial charge is 0.119 e. The molecule has 0 bridgehead atoms. The molecule has 0 aliphatic carbocycles. The zero-order chi connectivity index (χ0) is 18.6. The van der Waals surface area contributed by atoms with Gasteiger partial charge >= 0.3 is 0 Å². The molecule has 1 saturated heterocycles. The number of aryl methyl sites for hydroxylation is 1. The maximum atomic E-state index is 5.98. The second-order valence-corrected chi connectivity index (χ2v) is 7.96. The minimum atomic E-state index is 0.00660. The number of methoxy groups -OCH3 is 1. The average Bonchev–Trinajstić information content (AvgIpc) is 3.13. The third-order valence-corrected chi connectivity index (χ3v) is 5.62. The van der Waals surface area contributed by atoms with Gasteiger partial charge < -0.3 is 9.47 Å². The molecule has 0 amide bonds. The summed E-state index contributed by atoms with van der Waals surface area (Å²) < 4.78 is 11.3. The third kappa shape index (κ3) is 4.35. The molecule has 0 radical (unpaired) electrons. The van der Waals surface area contributed by atoms with Gasteiger partial charge in [-0.1, -0.05) is 18.2 Å². The van der Waals surface area contributed by atoms with E-state index in [1.165, 1.54) is 4.88 Å². The van der Waals surface area contributed by atoms with Crippen LogP contribution in [0.5, 0.6) is 5.75 Å². The maximum Gasteiger partial charge on any atom is 0.119 e. The first-order valence-corrected chi connectivity index (χ1v) is 9.88. The van der Waals surface area contributed by atoms with E-state index in [0.717, 1.165) is 53.8 Å². The highest BCUT2D eigenvalue weighted by Gasteiger charge is 2.23. The van der Waals surface area contributed by atoms with Gasteiger partial charge in [-0.15, -0.1) is 11.3 Å². The largest absolute Gasteiger partial charge is 0.497 e. The Labute approximate surface area is 163 Å². The van der Waals surface area contributed by atoms with Gasteiger partial charge in [0.1, 0.15) is 11.9 Å². The van der Waals surface area contributed by atoms with Crippen LogP contribution in [0.1, 0.15) is 21.7 Å². The summed E-state index contributed by atoms with van der Waals surface area (Å²) >= 11 is 1.76. The van der Waals surface area contributed by atoms with E-state index in [1.807, 2.05) is 37.5 Å². The van der Waals surface area contributed by atoms with Crippen LogP contribution in [0.25, 0.3) is 11.1 Å². The molecule has 140 valence electrons. The van der Waals surface area contributed by atoms with Crippen molar-refractivity contribution in [1.29, 1.82) is 0 Å². The molecule has 1 aliphatic heterocycles. The molecule has 27 heavy (non-hydrogen) atoms. The van der Waals surface area contributed by atoms with Crippen LogP contribution in [0.2, 0.25) is 0 Å². The summed E-state index contributed by atoms with van der Waals surface area (Å²) in [4.78, 5) is 12.7. The molecule has 4 rings (SSSR count). The second-order valence-electron chi connectivity index (χ2n) is 6.64. The average molecular weight is 382 g/mol. The number of thiazole rings is 1. The molecular weight excluding hydrogens is 358 g/mol. The predicted octanol–water partition coefficient (Wildman–Crippen LogP) is 4.10. The molecule has 0 unspecified atom stereocenters. The summed E-state index contributed by atoms with van der Waals surface area (Å²) in [6, 6.07) is 12.2. The summed E-state index contributed by atoms with van der Waals surface area (Å²) in [6.07, 6.45) is 3.90. The molecule has 1 aromatic carbocycles. The number of hydrogen-bond acceptors (Lipinski definition) is 6. The Balaban J connectivity index is 1.44. The Morgan fingerprint density at radius 1 is 1.19 bits per heavy atom. The number of benzene rings is 1. The van der Waals surface area contributed by atoms with Gasteiger partial charge in [0.05, 0.1) is 24.4 Å². The Bertz CT molecular complexity index is 894. The molecule has 3 aromatic rings. The lowest BCUT2D eigenvalue weighted by Crippen LogP contribution is -2.37. The number of ether oxygens (including phenoxy) is 2. The first-order valence-electron chi connectivity index (χ1n) is 9.07. The van der Waals surface area contributed by atoms with E-state index in [-0.39, 0.29) is 6.10 Å². The molecule has 0 N–H and O–H groups in total. The Hall–Kier alpha value is -2.28. The van der Waals surface area contributed by atoms with Crippen LogP contribution in [-0.4, -0.2) is 41.7 Å². The third-order valence-electron chi connectivity index (χ3n) is 4.72. The quantitative estimate of drug-likeness (QED) is 0.666. The maximum absolute atomic E-state index is 5.98. The highest BCUT2D eigenvalue weighted by molar-refractivity contribution is 7.11. The monoisotopic (exact) mass is 381 g/mol. The van der Waals surface area contributed by atoms with Gasteiger partial charge in [0.2, 0.25) is 0 Å². The Morgan fingerprint density at radius 2 is 2.11 bits per heavy atom. The van der Waals surface area contributed by atoms with Crippen LogP contribution in [0.3, 0.4) is 0 Å². The standard InChI is InChI=1S/C21H23N3O2S/c1-15-22-12-19(27-15)13-24-8-9-26-21(14-24)20-7-6-17(11-23-20)16-4-3-5-18(10-16)25-2/h3-7,10-12,21H,8-9,13-14H2,1-2H3/t21-/m0/s1. The van der Waals surface area contributed by atoms with Crippen molar-refractivity contribution in [2.45, 2.75) is 19.6 Å². The highest BCUT2D eigenvalue weighted by atomic mass is 32.1. The summed E-state index contributed by atoms with van der Waals surface area (Å²) in [5, 5.41) is 1.12. The minimum Gasteiger partial charge on any atom is -0.497 e. The minimum absolute atomic E-state index is 0.00660. The Morgan fingerprint density at radius 3 is 2.85 bits per heavy atom. The summed E-state index contributed by atoms with van der Waals surface area (Å²) in [5.74, 6) is 0.848. The lowest BCUT2D eigenvalue weighted by molar-refractivity contribution is -0.0346.